The molecular weight excluding hydrogens is 240 g/mol. The molecule has 0 bridgehead atoms. The van der Waals surface area contributed by atoms with Crippen molar-refractivity contribution in [2.45, 2.75) is 25.8 Å². The van der Waals surface area contributed by atoms with Gasteiger partial charge in [0.2, 0.25) is 5.54 Å². The predicted molar refractivity (Wildman–Crippen MR) is 64.4 cm³/mol. The van der Waals surface area contributed by atoms with E-state index in [1.807, 2.05) is 0 Å². The standard InChI is InChI=1S/C11H14N2O5/c1-11(2,13(16)17)7-8-4-5-9(18-3)6-10(8)12(14)15/h4-6H,7H2,1-3H3. The van der Waals surface area contributed by atoms with E-state index in [0.29, 0.717) is 11.3 Å². The Morgan fingerprint density at radius 3 is 2.33 bits per heavy atom. The lowest BCUT2D eigenvalue weighted by Gasteiger charge is -2.15. The maximum absolute atomic E-state index is 10.9. The van der Waals surface area contributed by atoms with E-state index in [2.05, 4.69) is 0 Å². The molecule has 1 rings (SSSR count). The van der Waals surface area contributed by atoms with Gasteiger partial charge < -0.3 is 4.74 Å². The van der Waals surface area contributed by atoms with Gasteiger partial charge in [-0.2, -0.15) is 0 Å². The van der Waals surface area contributed by atoms with Crippen LogP contribution in [0.2, 0.25) is 0 Å². The average molecular weight is 254 g/mol. The molecule has 0 radical (unpaired) electrons. The summed E-state index contributed by atoms with van der Waals surface area (Å²) in [5.41, 5.74) is -1.09. The molecule has 0 aliphatic heterocycles. The van der Waals surface area contributed by atoms with Crippen LogP contribution in [-0.2, 0) is 6.42 Å². The molecular formula is C11H14N2O5. The van der Waals surface area contributed by atoms with Crippen molar-refractivity contribution >= 4 is 5.69 Å². The number of hydrogen-bond acceptors (Lipinski definition) is 5. The Hall–Kier alpha value is -2.18. The Morgan fingerprint density at radius 2 is 1.89 bits per heavy atom. The van der Waals surface area contributed by atoms with Crippen molar-refractivity contribution in [2.24, 2.45) is 0 Å². The number of ether oxygens (including phenoxy) is 1. The van der Waals surface area contributed by atoms with Crippen molar-refractivity contribution < 1.29 is 14.6 Å². The minimum atomic E-state index is -1.25. The van der Waals surface area contributed by atoms with Crippen LogP contribution in [0, 0.1) is 20.2 Å². The maximum Gasteiger partial charge on any atom is 0.276 e. The Morgan fingerprint density at radius 1 is 1.28 bits per heavy atom. The summed E-state index contributed by atoms with van der Waals surface area (Å²) in [5.74, 6) is 0.351. The summed E-state index contributed by atoms with van der Waals surface area (Å²) in [5, 5.41) is 21.8. The summed E-state index contributed by atoms with van der Waals surface area (Å²) in [6.07, 6.45) is -0.0136. The first kappa shape index (κ1) is 13.9. The first-order valence-electron chi connectivity index (χ1n) is 5.24. The summed E-state index contributed by atoms with van der Waals surface area (Å²) < 4.78 is 4.90. The van der Waals surface area contributed by atoms with Gasteiger partial charge in [-0.15, -0.1) is 0 Å². The predicted octanol–water partition coefficient (Wildman–Crippen LogP) is 2.20. The van der Waals surface area contributed by atoms with E-state index in [4.69, 9.17) is 4.74 Å². The number of hydrogen-bond donors (Lipinski definition) is 0. The highest BCUT2D eigenvalue weighted by Gasteiger charge is 2.33. The van der Waals surface area contributed by atoms with Crippen LogP contribution in [0.4, 0.5) is 5.69 Å². The van der Waals surface area contributed by atoms with Gasteiger partial charge in [-0.3, -0.25) is 20.2 Å². The van der Waals surface area contributed by atoms with E-state index in [1.165, 1.54) is 33.1 Å². The molecule has 0 heterocycles. The quantitative estimate of drug-likeness (QED) is 0.592. The van der Waals surface area contributed by atoms with Crippen molar-refractivity contribution in [2.75, 3.05) is 7.11 Å². The maximum atomic E-state index is 10.9. The zero-order chi connectivity index (χ0) is 13.9. The van der Waals surface area contributed by atoms with Crippen LogP contribution in [0.25, 0.3) is 0 Å². The Labute approximate surface area is 104 Å². The minimum absolute atomic E-state index is 0.0136. The topological polar surface area (TPSA) is 95.5 Å². The molecule has 0 N–H and O–H groups in total. The lowest BCUT2D eigenvalue weighted by atomic mass is 9.94. The van der Waals surface area contributed by atoms with E-state index < -0.39 is 15.4 Å². The van der Waals surface area contributed by atoms with E-state index >= 15 is 0 Å². The van der Waals surface area contributed by atoms with Crippen LogP contribution in [0.3, 0.4) is 0 Å². The minimum Gasteiger partial charge on any atom is -0.497 e. The summed E-state index contributed by atoms with van der Waals surface area (Å²) in [6.45, 7) is 2.86. The summed E-state index contributed by atoms with van der Waals surface area (Å²) in [6, 6.07) is 4.31. The third-order valence-electron chi connectivity index (χ3n) is 2.61. The van der Waals surface area contributed by atoms with E-state index in [1.54, 1.807) is 6.07 Å². The summed E-state index contributed by atoms with van der Waals surface area (Å²) >= 11 is 0. The van der Waals surface area contributed by atoms with Gasteiger partial charge in [0.25, 0.3) is 5.69 Å². The van der Waals surface area contributed by atoms with Crippen LogP contribution in [-0.4, -0.2) is 22.5 Å². The first-order valence-corrected chi connectivity index (χ1v) is 5.24. The van der Waals surface area contributed by atoms with Crippen molar-refractivity contribution in [3.05, 3.63) is 44.0 Å². The molecule has 1 aromatic carbocycles. The molecule has 0 amide bonds. The van der Waals surface area contributed by atoms with Crippen molar-refractivity contribution in [3.63, 3.8) is 0 Å². The molecule has 18 heavy (non-hydrogen) atoms. The molecule has 0 saturated heterocycles. The highest BCUT2D eigenvalue weighted by molar-refractivity contribution is 5.46. The molecule has 0 atom stereocenters. The van der Waals surface area contributed by atoms with Gasteiger partial charge in [0.05, 0.1) is 18.1 Å². The van der Waals surface area contributed by atoms with Crippen LogP contribution < -0.4 is 4.74 Å². The number of rotatable bonds is 5. The molecule has 98 valence electrons. The zero-order valence-corrected chi connectivity index (χ0v) is 10.4. The van der Waals surface area contributed by atoms with Crippen molar-refractivity contribution in [1.29, 1.82) is 0 Å². The number of methoxy groups -OCH3 is 1. The molecule has 0 saturated carbocycles. The Kier molecular flexibility index (Phi) is 3.85. The lowest BCUT2D eigenvalue weighted by Crippen LogP contribution is -2.33. The summed E-state index contributed by atoms with van der Waals surface area (Å²) in [4.78, 5) is 20.8. The van der Waals surface area contributed by atoms with Crippen molar-refractivity contribution in [1.82, 2.24) is 0 Å². The number of nitro groups is 2. The SMILES string of the molecule is COc1ccc(CC(C)(C)[N+](=O)[O-])c([N+](=O)[O-])c1. The fraction of sp³-hybridized carbons (Fsp3) is 0.455. The molecule has 7 heteroatoms. The van der Waals surface area contributed by atoms with Gasteiger partial charge in [0.1, 0.15) is 5.75 Å². The van der Waals surface area contributed by atoms with Gasteiger partial charge in [0, 0.05) is 30.8 Å². The van der Waals surface area contributed by atoms with E-state index in [0.717, 1.165) is 0 Å². The second-order valence-electron chi connectivity index (χ2n) is 4.50. The zero-order valence-electron chi connectivity index (χ0n) is 10.4. The molecule has 0 spiro atoms. The largest absolute Gasteiger partial charge is 0.497 e. The molecule has 0 fully saturated rings. The fourth-order valence-corrected chi connectivity index (χ4v) is 1.52. The molecule has 0 aliphatic carbocycles. The molecule has 0 unspecified atom stereocenters. The second-order valence-corrected chi connectivity index (χ2v) is 4.50. The third kappa shape index (κ3) is 2.93. The van der Waals surface area contributed by atoms with Gasteiger partial charge in [-0.05, 0) is 12.1 Å². The molecule has 7 nitrogen and oxygen atoms in total. The average Bonchev–Trinajstić information content (AvgIpc) is 2.28. The normalized spacial score (nSPS) is 11.1. The third-order valence-corrected chi connectivity index (χ3v) is 2.61. The van der Waals surface area contributed by atoms with Crippen LogP contribution in [0.1, 0.15) is 19.4 Å². The van der Waals surface area contributed by atoms with Crippen molar-refractivity contribution in [3.8, 4) is 5.75 Å². The summed E-state index contributed by atoms with van der Waals surface area (Å²) in [7, 11) is 1.40. The monoisotopic (exact) mass is 254 g/mol. The van der Waals surface area contributed by atoms with Gasteiger partial charge in [-0.25, -0.2) is 0 Å². The fourth-order valence-electron chi connectivity index (χ4n) is 1.52. The van der Waals surface area contributed by atoms with Crippen LogP contribution in [0.15, 0.2) is 18.2 Å². The van der Waals surface area contributed by atoms with Gasteiger partial charge in [-0.1, -0.05) is 0 Å². The van der Waals surface area contributed by atoms with Crippen LogP contribution in [0.5, 0.6) is 5.75 Å². The first-order chi connectivity index (χ1) is 8.27. The number of nitrogens with zero attached hydrogens (tertiary/aromatic N) is 2. The number of benzene rings is 1. The van der Waals surface area contributed by atoms with Gasteiger partial charge >= 0.3 is 0 Å². The lowest BCUT2D eigenvalue weighted by molar-refractivity contribution is -0.560. The Balaban J connectivity index is 3.17. The van der Waals surface area contributed by atoms with Crippen LogP contribution >= 0.6 is 0 Å². The molecule has 0 aliphatic rings. The Bertz CT molecular complexity index is 484. The highest BCUT2D eigenvalue weighted by Crippen LogP contribution is 2.28. The molecule has 0 aromatic heterocycles. The second kappa shape index (κ2) is 4.99. The molecule has 1 aromatic rings. The number of nitro benzene ring substituents is 1. The van der Waals surface area contributed by atoms with E-state index in [-0.39, 0.29) is 12.1 Å². The highest BCUT2D eigenvalue weighted by atomic mass is 16.6. The van der Waals surface area contributed by atoms with Gasteiger partial charge in [0.15, 0.2) is 0 Å². The van der Waals surface area contributed by atoms with E-state index in [9.17, 15) is 20.2 Å². The smallest absolute Gasteiger partial charge is 0.276 e.